The van der Waals surface area contributed by atoms with Gasteiger partial charge in [-0.2, -0.15) is 0 Å². The smallest absolute Gasteiger partial charge is 0.179 e. The Labute approximate surface area is 123 Å². The molecule has 0 radical (unpaired) electrons. The van der Waals surface area contributed by atoms with E-state index in [1.165, 1.54) is 0 Å². The molecule has 0 saturated carbocycles. The number of rotatable bonds is 4. The van der Waals surface area contributed by atoms with Crippen LogP contribution in [0, 0.1) is 0 Å². The number of hydrogen-bond acceptors (Lipinski definition) is 4. The summed E-state index contributed by atoms with van der Waals surface area (Å²) in [5, 5.41) is 0. The molecule has 0 bridgehead atoms. The molecule has 21 heavy (non-hydrogen) atoms. The molecule has 3 rings (SSSR count). The predicted molar refractivity (Wildman–Crippen MR) is 85.6 cm³/mol. The molecule has 3 aromatic rings. The van der Waals surface area contributed by atoms with Crippen LogP contribution >= 0.6 is 0 Å². The molecule has 1 unspecified atom stereocenters. The number of aromatic nitrogens is 3. The first-order valence-electron chi connectivity index (χ1n) is 6.98. The van der Waals surface area contributed by atoms with E-state index < -0.39 is 0 Å². The van der Waals surface area contributed by atoms with Crippen molar-refractivity contribution in [2.24, 2.45) is 5.73 Å². The summed E-state index contributed by atoms with van der Waals surface area (Å²) >= 11 is 0. The van der Waals surface area contributed by atoms with Crippen molar-refractivity contribution in [2.45, 2.75) is 5.92 Å². The van der Waals surface area contributed by atoms with E-state index in [-0.39, 0.29) is 5.92 Å². The molecule has 0 aliphatic carbocycles. The van der Waals surface area contributed by atoms with Crippen LogP contribution in [0.3, 0.4) is 0 Å². The minimum atomic E-state index is 0.0585. The van der Waals surface area contributed by atoms with Crippen LogP contribution in [0.1, 0.15) is 17.3 Å². The number of hydrogen-bond donors (Lipinski definition) is 2. The second-order valence-electron chi connectivity index (χ2n) is 5.26. The summed E-state index contributed by atoms with van der Waals surface area (Å²) in [4.78, 5) is 14.5. The van der Waals surface area contributed by atoms with Gasteiger partial charge in [-0.05, 0) is 17.7 Å². The average Bonchev–Trinajstić information content (AvgIpc) is 2.91. The van der Waals surface area contributed by atoms with Gasteiger partial charge in [0, 0.05) is 20.6 Å². The van der Waals surface area contributed by atoms with E-state index >= 15 is 0 Å². The van der Waals surface area contributed by atoms with Crippen molar-refractivity contribution >= 4 is 17.0 Å². The molecule has 3 N–H and O–H groups in total. The molecule has 5 heteroatoms. The zero-order chi connectivity index (χ0) is 14.8. The number of nitrogens with two attached hydrogens (primary N) is 1. The molecule has 0 aliphatic heterocycles. The molecule has 1 aromatic carbocycles. The zero-order valence-electron chi connectivity index (χ0n) is 12.2. The van der Waals surface area contributed by atoms with E-state index in [9.17, 15) is 0 Å². The molecule has 2 heterocycles. The number of H-pyrrole nitrogens is 1. The number of benzene rings is 1. The maximum atomic E-state index is 5.95. The van der Waals surface area contributed by atoms with Crippen molar-refractivity contribution in [1.82, 2.24) is 15.0 Å². The second kappa shape index (κ2) is 5.54. The number of nitrogens with one attached hydrogen (secondary N) is 1. The normalized spacial score (nSPS) is 12.5. The van der Waals surface area contributed by atoms with Gasteiger partial charge in [-0.25, -0.2) is 9.97 Å². The minimum absolute atomic E-state index is 0.0585. The maximum Gasteiger partial charge on any atom is 0.179 e. The van der Waals surface area contributed by atoms with E-state index in [1.807, 2.05) is 49.3 Å². The fourth-order valence-electron chi connectivity index (χ4n) is 2.41. The standard InChI is InChI=1S/C16H19N5/c1-21(2)14-9-8-13-16(19-14)20-15(18-13)12(10-17)11-6-4-3-5-7-11/h3-9,12H,10,17H2,1-2H3,(H,18,19,20). The van der Waals surface area contributed by atoms with Gasteiger partial charge in [-0.3, -0.25) is 0 Å². The summed E-state index contributed by atoms with van der Waals surface area (Å²) in [5.74, 6) is 1.81. The van der Waals surface area contributed by atoms with E-state index in [2.05, 4.69) is 27.1 Å². The number of aromatic amines is 1. The molecule has 1 atom stereocenters. The number of pyridine rings is 1. The maximum absolute atomic E-state index is 5.95. The highest BCUT2D eigenvalue weighted by molar-refractivity contribution is 5.73. The number of nitrogens with zero attached hydrogens (tertiary/aromatic N) is 3. The van der Waals surface area contributed by atoms with Crippen LogP contribution in [0.15, 0.2) is 42.5 Å². The van der Waals surface area contributed by atoms with Crippen molar-refractivity contribution in [3.8, 4) is 0 Å². The molecule has 5 nitrogen and oxygen atoms in total. The van der Waals surface area contributed by atoms with Crippen LogP contribution in [0.2, 0.25) is 0 Å². The fourth-order valence-corrected chi connectivity index (χ4v) is 2.41. The van der Waals surface area contributed by atoms with Crippen LogP contribution in [-0.4, -0.2) is 35.6 Å². The van der Waals surface area contributed by atoms with Gasteiger partial charge in [0.1, 0.15) is 11.6 Å². The van der Waals surface area contributed by atoms with Gasteiger partial charge < -0.3 is 15.6 Å². The molecule has 0 amide bonds. The minimum Gasteiger partial charge on any atom is -0.363 e. The van der Waals surface area contributed by atoms with Crippen LogP contribution in [0.25, 0.3) is 11.2 Å². The van der Waals surface area contributed by atoms with E-state index in [4.69, 9.17) is 5.73 Å². The first-order chi connectivity index (χ1) is 10.2. The first kappa shape index (κ1) is 13.6. The molecule has 108 valence electrons. The summed E-state index contributed by atoms with van der Waals surface area (Å²) in [6.07, 6.45) is 0. The Bertz CT molecular complexity index is 733. The zero-order valence-corrected chi connectivity index (χ0v) is 12.2. The third-order valence-electron chi connectivity index (χ3n) is 3.58. The van der Waals surface area contributed by atoms with Gasteiger partial charge in [-0.1, -0.05) is 30.3 Å². The lowest BCUT2D eigenvalue weighted by Gasteiger charge is -2.11. The number of fused-ring (bicyclic) bond motifs is 1. The SMILES string of the molecule is CN(C)c1ccc2[nH]c(C(CN)c3ccccc3)nc2n1. The summed E-state index contributed by atoms with van der Waals surface area (Å²) < 4.78 is 0. The van der Waals surface area contributed by atoms with Crippen molar-refractivity contribution in [3.05, 3.63) is 53.9 Å². The molecular weight excluding hydrogens is 262 g/mol. The van der Waals surface area contributed by atoms with Crippen LogP contribution < -0.4 is 10.6 Å². The summed E-state index contributed by atoms with van der Waals surface area (Å²) in [6.45, 7) is 0.504. The van der Waals surface area contributed by atoms with Gasteiger partial charge in [-0.15, -0.1) is 0 Å². The predicted octanol–water partition coefficient (Wildman–Crippen LogP) is 2.11. The average molecular weight is 281 g/mol. The highest BCUT2D eigenvalue weighted by Gasteiger charge is 2.17. The van der Waals surface area contributed by atoms with Crippen LogP contribution in [0.5, 0.6) is 0 Å². The number of imidazole rings is 1. The summed E-state index contributed by atoms with van der Waals surface area (Å²) in [6, 6.07) is 14.2. The topological polar surface area (TPSA) is 70.8 Å². The van der Waals surface area contributed by atoms with Crippen LogP contribution in [0.4, 0.5) is 5.82 Å². The van der Waals surface area contributed by atoms with E-state index in [1.54, 1.807) is 0 Å². The monoisotopic (exact) mass is 281 g/mol. The Hall–Kier alpha value is -2.40. The quantitative estimate of drug-likeness (QED) is 0.768. The Morgan fingerprint density at radius 1 is 1.10 bits per heavy atom. The second-order valence-corrected chi connectivity index (χ2v) is 5.26. The van der Waals surface area contributed by atoms with Gasteiger partial charge in [0.05, 0.1) is 11.4 Å². The number of anilines is 1. The highest BCUT2D eigenvalue weighted by Crippen LogP contribution is 2.24. The van der Waals surface area contributed by atoms with Crippen molar-refractivity contribution in [3.63, 3.8) is 0 Å². The first-order valence-corrected chi connectivity index (χ1v) is 6.98. The molecule has 0 spiro atoms. The van der Waals surface area contributed by atoms with Crippen molar-refractivity contribution in [1.29, 1.82) is 0 Å². The van der Waals surface area contributed by atoms with Gasteiger partial charge in [0.15, 0.2) is 5.65 Å². The van der Waals surface area contributed by atoms with Crippen molar-refractivity contribution in [2.75, 3.05) is 25.5 Å². The Balaban J connectivity index is 2.03. The van der Waals surface area contributed by atoms with E-state index in [0.717, 1.165) is 28.4 Å². The lowest BCUT2D eigenvalue weighted by Crippen LogP contribution is -2.15. The van der Waals surface area contributed by atoms with Gasteiger partial charge in [0.25, 0.3) is 0 Å². The molecular formula is C16H19N5. The largest absolute Gasteiger partial charge is 0.363 e. The summed E-state index contributed by atoms with van der Waals surface area (Å²) in [5.41, 5.74) is 8.77. The van der Waals surface area contributed by atoms with Gasteiger partial charge in [0.2, 0.25) is 0 Å². The fraction of sp³-hybridized carbons (Fsp3) is 0.250. The van der Waals surface area contributed by atoms with Crippen LogP contribution in [-0.2, 0) is 0 Å². The molecule has 0 fully saturated rings. The molecule has 2 aromatic heterocycles. The lowest BCUT2D eigenvalue weighted by atomic mass is 9.99. The Morgan fingerprint density at radius 3 is 2.52 bits per heavy atom. The third kappa shape index (κ3) is 2.60. The third-order valence-corrected chi connectivity index (χ3v) is 3.58. The van der Waals surface area contributed by atoms with Crippen molar-refractivity contribution < 1.29 is 0 Å². The lowest BCUT2D eigenvalue weighted by molar-refractivity contribution is 0.768. The molecule has 0 saturated heterocycles. The summed E-state index contributed by atoms with van der Waals surface area (Å²) in [7, 11) is 3.93. The Morgan fingerprint density at radius 2 is 1.86 bits per heavy atom. The Kier molecular flexibility index (Phi) is 3.58. The van der Waals surface area contributed by atoms with E-state index in [0.29, 0.717) is 6.54 Å². The highest BCUT2D eigenvalue weighted by atomic mass is 15.1. The molecule has 0 aliphatic rings. The van der Waals surface area contributed by atoms with Gasteiger partial charge >= 0.3 is 0 Å².